The first kappa shape index (κ1) is 18.0. The maximum absolute atomic E-state index is 11.1. The summed E-state index contributed by atoms with van der Waals surface area (Å²) in [6.07, 6.45) is 5.51. The van der Waals surface area contributed by atoms with Crippen molar-refractivity contribution in [3.63, 3.8) is 0 Å². The number of hydrogen-bond acceptors (Lipinski definition) is 7. The monoisotopic (exact) mass is 379 g/mol. The van der Waals surface area contributed by atoms with Crippen molar-refractivity contribution in [2.45, 2.75) is 26.3 Å². The maximum atomic E-state index is 11.1. The number of aryl methyl sites for hydroxylation is 1. The predicted molar refractivity (Wildman–Crippen MR) is 104 cm³/mol. The van der Waals surface area contributed by atoms with E-state index in [0.717, 1.165) is 44.0 Å². The van der Waals surface area contributed by atoms with Gasteiger partial charge in [0, 0.05) is 49.1 Å². The Balaban J connectivity index is 1.58. The quantitative estimate of drug-likeness (QED) is 0.496. The van der Waals surface area contributed by atoms with Gasteiger partial charge in [-0.1, -0.05) is 12.1 Å². The van der Waals surface area contributed by atoms with Crippen LogP contribution in [0.15, 0.2) is 43.0 Å². The molecule has 9 heteroatoms. The van der Waals surface area contributed by atoms with Crippen LogP contribution in [-0.2, 0) is 6.54 Å². The molecule has 0 N–H and O–H groups in total. The molecule has 1 fully saturated rings. The predicted octanol–water partition coefficient (Wildman–Crippen LogP) is 2.87. The molecule has 0 amide bonds. The van der Waals surface area contributed by atoms with Crippen molar-refractivity contribution in [1.82, 2.24) is 24.7 Å². The Morgan fingerprint density at radius 1 is 1.29 bits per heavy atom. The van der Waals surface area contributed by atoms with Gasteiger partial charge in [-0.15, -0.1) is 0 Å². The SMILES string of the molecule is Cc1cc(N2CCCC(Cn3cncn3)C2)nc(-c2cccc([N+](=O)[O-])c2)n1. The molecule has 0 bridgehead atoms. The Bertz CT molecular complexity index is 974. The highest BCUT2D eigenvalue weighted by molar-refractivity contribution is 5.61. The first-order valence-corrected chi connectivity index (χ1v) is 9.26. The lowest BCUT2D eigenvalue weighted by atomic mass is 9.98. The van der Waals surface area contributed by atoms with Crippen LogP contribution in [0.5, 0.6) is 0 Å². The van der Waals surface area contributed by atoms with E-state index in [9.17, 15) is 10.1 Å². The molecule has 0 radical (unpaired) electrons. The van der Waals surface area contributed by atoms with E-state index in [1.807, 2.05) is 17.7 Å². The number of benzene rings is 1. The highest BCUT2D eigenvalue weighted by atomic mass is 16.6. The number of nitro groups is 1. The summed E-state index contributed by atoms with van der Waals surface area (Å²) in [4.78, 5) is 26.2. The molecule has 0 aliphatic carbocycles. The standard InChI is InChI=1S/C19H21N7O2/c1-14-8-18(23-19(22-14)16-5-2-6-17(9-16)26(27)28)24-7-3-4-15(10-24)11-25-13-20-12-21-25/h2,5-6,8-9,12-13,15H,3-4,7,10-11H2,1H3. The number of piperidine rings is 1. The molecule has 1 saturated heterocycles. The van der Waals surface area contributed by atoms with Crippen LogP contribution < -0.4 is 4.90 Å². The molecule has 28 heavy (non-hydrogen) atoms. The minimum Gasteiger partial charge on any atom is -0.356 e. The average Bonchev–Trinajstić information content (AvgIpc) is 3.21. The smallest absolute Gasteiger partial charge is 0.270 e. The molecule has 0 spiro atoms. The summed E-state index contributed by atoms with van der Waals surface area (Å²) in [6, 6.07) is 8.42. The molecule has 1 atom stereocenters. The van der Waals surface area contributed by atoms with Crippen molar-refractivity contribution in [1.29, 1.82) is 0 Å². The summed E-state index contributed by atoms with van der Waals surface area (Å²) in [6.45, 7) is 4.56. The van der Waals surface area contributed by atoms with E-state index in [0.29, 0.717) is 17.3 Å². The summed E-state index contributed by atoms with van der Waals surface area (Å²) in [5, 5.41) is 15.3. The molecular weight excluding hydrogens is 358 g/mol. The van der Waals surface area contributed by atoms with Gasteiger partial charge in [0.25, 0.3) is 5.69 Å². The summed E-state index contributed by atoms with van der Waals surface area (Å²) in [5.41, 5.74) is 1.52. The van der Waals surface area contributed by atoms with Crippen molar-refractivity contribution in [3.8, 4) is 11.4 Å². The summed E-state index contributed by atoms with van der Waals surface area (Å²) >= 11 is 0. The van der Waals surface area contributed by atoms with Crippen LogP contribution in [-0.4, -0.2) is 42.7 Å². The first-order valence-electron chi connectivity index (χ1n) is 9.26. The van der Waals surface area contributed by atoms with Crippen LogP contribution in [0.1, 0.15) is 18.5 Å². The summed E-state index contributed by atoms with van der Waals surface area (Å²) < 4.78 is 1.87. The molecule has 1 unspecified atom stereocenters. The van der Waals surface area contributed by atoms with Gasteiger partial charge in [0.15, 0.2) is 5.82 Å². The number of anilines is 1. The Hall–Kier alpha value is -3.36. The zero-order valence-electron chi connectivity index (χ0n) is 15.6. The second-order valence-corrected chi connectivity index (χ2v) is 7.07. The van der Waals surface area contributed by atoms with Crippen molar-refractivity contribution in [2.24, 2.45) is 5.92 Å². The number of aromatic nitrogens is 5. The van der Waals surface area contributed by atoms with Gasteiger partial charge in [0.05, 0.1) is 4.92 Å². The molecule has 1 aliphatic rings. The van der Waals surface area contributed by atoms with E-state index in [4.69, 9.17) is 4.98 Å². The Kier molecular flexibility index (Phi) is 4.96. The van der Waals surface area contributed by atoms with Crippen molar-refractivity contribution < 1.29 is 4.92 Å². The largest absolute Gasteiger partial charge is 0.356 e. The fourth-order valence-electron chi connectivity index (χ4n) is 3.62. The maximum Gasteiger partial charge on any atom is 0.270 e. The van der Waals surface area contributed by atoms with E-state index in [-0.39, 0.29) is 5.69 Å². The third-order valence-electron chi connectivity index (χ3n) is 4.91. The number of nitrogens with zero attached hydrogens (tertiary/aromatic N) is 7. The van der Waals surface area contributed by atoms with Crippen LogP contribution in [0, 0.1) is 23.0 Å². The van der Waals surface area contributed by atoms with Gasteiger partial charge in [-0.3, -0.25) is 14.8 Å². The Labute approximate surface area is 162 Å². The Morgan fingerprint density at radius 2 is 2.18 bits per heavy atom. The lowest BCUT2D eigenvalue weighted by Crippen LogP contribution is -2.37. The first-order chi connectivity index (χ1) is 13.6. The van der Waals surface area contributed by atoms with E-state index in [1.54, 1.807) is 24.8 Å². The molecule has 1 aromatic carbocycles. The molecule has 4 rings (SSSR count). The normalized spacial score (nSPS) is 16.9. The molecule has 0 saturated carbocycles. The van der Waals surface area contributed by atoms with E-state index < -0.39 is 4.92 Å². The molecule has 1 aliphatic heterocycles. The van der Waals surface area contributed by atoms with Crippen LogP contribution in [0.2, 0.25) is 0 Å². The van der Waals surface area contributed by atoms with Gasteiger partial charge in [-0.2, -0.15) is 5.10 Å². The lowest BCUT2D eigenvalue weighted by Gasteiger charge is -2.33. The number of nitro benzene ring substituents is 1. The van der Waals surface area contributed by atoms with Gasteiger partial charge in [-0.25, -0.2) is 15.0 Å². The van der Waals surface area contributed by atoms with Gasteiger partial charge in [0.2, 0.25) is 0 Å². The molecule has 3 heterocycles. The average molecular weight is 379 g/mol. The fourth-order valence-corrected chi connectivity index (χ4v) is 3.62. The minimum atomic E-state index is -0.403. The third kappa shape index (κ3) is 3.98. The number of hydrogen-bond donors (Lipinski definition) is 0. The van der Waals surface area contributed by atoms with Gasteiger partial charge >= 0.3 is 0 Å². The molecule has 9 nitrogen and oxygen atoms in total. The topological polar surface area (TPSA) is 103 Å². The lowest BCUT2D eigenvalue weighted by molar-refractivity contribution is -0.384. The van der Waals surface area contributed by atoms with Crippen molar-refractivity contribution >= 4 is 11.5 Å². The molecule has 144 valence electrons. The van der Waals surface area contributed by atoms with Crippen LogP contribution in [0.4, 0.5) is 11.5 Å². The fraction of sp³-hybridized carbons (Fsp3) is 0.368. The number of non-ortho nitro benzene ring substituents is 1. The second kappa shape index (κ2) is 7.71. The minimum absolute atomic E-state index is 0.0371. The van der Waals surface area contributed by atoms with E-state index >= 15 is 0 Å². The molecular formula is C19H21N7O2. The van der Waals surface area contributed by atoms with Crippen molar-refractivity contribution in [2.75, 3.05) is 18.0 Å². The molecule has 2 aromatic heterocycles. The molecule has 3 aromatic rings. The van der Waals surface area contributed by atoms with E-state index in [2.05, 4.69) is 20.0 Å². The van der Waals surface area contributed by atoms with Crippen LogP contribution in [0.3, 0.4) is 0 Å². The number of rotatable bonds is 5. The van der Waals surface area contributed by atoms with Gasteiger partial charge < -0.3 is 4.90 Å². The van der Waals surface area contributed by atoms with Crippen LogP contribution >= 0.6 is 0 Å². The third-order valence-corrected chi connectivity index (χ3v) is 4.91. The van der Waals surface area contributed by atoms with Gasteiger partial charge in [-0.05, 0) is 25.7 Å². The zero-order valence-corrected chi connectivity index (χ0v) is 15.6. The van der Waals surface area contributed by atoms with Gasteiger partial charge in [0.1, 0.15) is 18.5 Å². The van der Waals surface area contributed by atoms with Crippen molar-refractivity contribution in [3.05, 3.63) is 58.8 Å². The Morgan fingerprint density at radius 3 is 2.96 bits per heavy atom. The van der Waals surface area contributed by atoms with Crippen LogP contribution in [0.25, 0.3) is 11.4 Å². The highest BCUT2D eigenvalue weighted by Crippen LogP contribution is 2.27. The summed E-state index contributed by atoms with van der Waals surface area (Å²) in [7, 11) is 0. The highest BCUT2D eigenvalue weighted by Gasteiger charge is 2.22. The zero-order chi connectivity index (χ0) is 19.5. The second-order valence-electron chi connectivity index (χ2n) is 7.07. The van der Waals surface area contributed by atoms with E-state index in [1.165, 1.54) is 12.1 Å². The summed E-state index contributed by atoms with van der Waals surface area (Å²) in [5.74, 6) is 1.83.